The van der Waals surface area contributed by atoms with Gasteiger partial charge in [-0.05, 0) is 47.4 Å². The summed E-state index contributed by atoms with van der Waals surface area (Å²) in [7, 11) is 0. The fraction of sp³-hybridized carbons (Fsp3) is 0.208. The number of hydrogen-bond donors (Lipinski definition) is 0. The van der Waals surface area contributed by atoms with Crippen LogP contribution in [0.4, 0.5) is 0 Å². The zero-order valence-electron chi connectivity index (χ0n) is 15.9. The van der Waals surface area contributed by atoms with E-state index in [-0.39, 0.29) is 5.91 Å². The summed E-state index contributed by atoms with van der Waals surface area (Å²) < 4.78 is 0. The lowest BCUT2D eigenvalue weighted by molar-refractivity contribution is -0.132. The highest BCUT2D eigenvalue weighted by Gasteiger charge is 2.27. The number of amides is 1. The van der Waals surface area contributed by atoms with Gasteiger partial charge in [0.2, 0.25) is 5.91 Å². The monoisotopic (exact) mass is 367 g/mol. The average Bonchev–Trinajstić information content (AvgIpc) is 3.10. The topological polar surface area (TPSA) is 45.6 Å². The number of rotatable bonds is 3. The van der Waals surface area contributed by atoms with Crippen LogP contribution in [0.5, 0.6) is 0 Å². The van der Waals surface area contributed by atoms with Gasteiger partial charge in [0.15, 0.2) is 0 Å². The van der Waals surface area contributed by atoms with Gasteiger partial charge in [-0.25, -0.2) is 0 Å². The first-order valence-corrected chi connectivity index (χ1v) is 9.61. The van der Waals surface area contributed by atoms with Gasteiger partial charge in [0.25, 0.3) is 0 Å². The first-order valence-electron chi connectivity index (χ1n) is 9.61. The summed E-state index contributed by atoms with van der Waals surface area (Å²) in [4.78, 5) is 23.7. The molecule has 4 nitrogen and oxygen atoms in total. The molecule has 2 aliphatic rings. The van der Waals surface area contributed by atoms with Crippen LogP contribution in [0.2, 0.25) is 0 Å². The lowest BCUT2D eigenvalue weighted by atomic mass is 9.91. The van der Waals surface area contributed by atoms with E-state index in [1.165, 1.54) is 16.7 Å². The quantitative estimate of drug-likeness (QED) is 0.706. The van der Waals surface area contributed by atoms with Crippen molar-refractivity contribution in [3.63, 3.8) is 0 Å². The molecule has 2 aliphatic heterocycles. The van der Waals surface area contributed by atoms with Crippen LogP contribution in [0.15, 0.2) is 65.8 Å². The standard InChI is InChI=1S/C24H21N3O/c1-16-9-18(7-8-25-16)24-22-11-21-15-27(14-17-5-3-2-4-6-17)23(28)12-19(21)10-20(22)13-26-24/h2-11H,12-15H2,1H3. The van der Waals surface area contributed by atoms with Gasteiger partial charge >= 0.3 is 0 Å². The molecule has 0 saturated carbocycles. The number of aromatic nitrogens is 1. The minimum Gasteiger partial charge on any atom is -0.334 e. The van der Waals surface area contributed by atoms with Crippen LogP contribution in [-0.4, -0.2) is 21.5 Å². The Morgan fingerprint density at radius 3 is 2.68 bits per heavy atom. The van der Waals surface area contributed by atoms with Crippen molar-refractivity contribution in [3.8, 4) is 0 Å². The van der Waals surface area contributed by atoms with Crippen molar-refractivity contribution >= 4 is 11.6 Å². The fourth-order valence-electron chi connectivity index (χ4n) is 4.11. The number of benzene rings is 2. The van der Waals surface area contributed by atoms with Gasteiger partial charge in [0.05, 0.1) is 18.7 Å². The molecular formula is C24H21N3O. The van der Waals surface area contributed by atoms with Crippen LogP contribution in [0.25, 0.3) is 0 Å². The molecule has 0 radical (unpaired) electrons. The van der Waals surface area contributed by atoms with Crippen molar-refractivity contribution in [2.45, 2.75) is 33.0 Å². The van der Waals surface area contributed by atoms with Crippen molar-refractivity contribution in [3.05, 3.63) is 99.9 Å². The molecule has 0 aliphatic carbocycles. The second kappa shape index (κ2) is 6.71. The number of aliphatic imine (C=N–C) groups is 1. The molecule has 0 unspecified atom stereocenters. The second-order valence-electron chi connectivity index (χ2n) is 7.54. The number of nitrogens with zero attached hydrogens (tertiary/aromatic N) is 3. The highest BCUT2D eigenvalue weighted by molar-refractivity contribution is 6.15. The van der Waals surface area contributed by atoms with Gasteiger partial charge in [-0.2, -0.15) is 0 Å². The number of carbonyl (C=O) groups is 1. The van der Waals surface area contributed by atoms with Crippen LogP contribution in [-0.2, 0) is 30.8 Å². The zero-order chi connectivity index (χ0) is 19.1. The summed E-state index contributed by atoms with van der Waals surface area (Å²) in [6.45, 7) is 3.99. The zero-order valence-corrected chi connectivity index (χ0v) is 15.9. The van der Waals surface area contributed by atoms with E-state index in [0.29, 0.717) is 26.1 Å². The molecule has 3 aromatic rings. The van der Waals surface area contributed by atoms with Gasteiger partial charge in [-0.1, -0.05) is 36.4 Å². The van der Waals surface area contributed by atoms with E-state index in [0.717, 1.165) is 28.1 Å². The predicted molar refractivity (Wildman–Crippen MR) is 109 cm³/mol. The predicted octanol–water partition coefficient (Wildman–Crippen LogP) is 3.83. The maximum Gasteiger partial charge on any atom is 0.227 e. The third-order valence-corrected chi connectivity index (χ3v) is 5.53. The first-order chi connectivity index (χ1) is 13.7. The highest BCUT2D eigenvalue weighted by atomic mass is 16.2. The minimum atomic E-state index is 0.195. The van der Waals surface area contributed by atoms with Crippen LogP contribution >= 0.6 is 0 Å². The van der Waals surface area contributed by atoms with E-state index in [1.54, 1.807) is 0 Å². The third kappa shape index (κ3) is 3.01. The molecule has 2 aromatic carbocycles. The largest absolute Gasteiger partial charge is 0.334 e. The SMILES string of the molecule is Cc1cc(C2=NCc3cc4c(cc32)CN(Cc2ccccc2)C(=O)C4)ccn1. The Bertz CT molecular complexity index is 1100. The van der Waals surface area contributed by atoms with Crippen molar-refractivity contribution in [1.29, 1.82) is 0 Å². The average molecular weight is 367 g/mol. The third-order valence-electron chi connectivity index (χ3n) is 5.53. The number of hydrogen-bond acceptors (Lipinski definition) is 3. The molecular weight excluding hydrogens is 346 g/mol. The molecule has 1 aromatic heterocycles. The van der Waals surface area contributed by atoms with E-state index < -0.39 is 0 Å². The Balaban J connectivity index is 1.47. The summed E-state index contributed by atoms with van der Waals surface area (Å²) in [5.74, 6) is 0.195. The molecule has 3 heterocycles. The molecule has 0 atom stereocenters. The number of carbonyl (C=O) groups excluding carboxylic acids is 1. The molecule has 0 bridgehead atoms. The molecule has 0 fully saturated rings. The molecule has 0 spiro atoms. The molecule has 4 heteroatoms. The summed E-state index contributed by atoms with van der Waals surface area (Å²) in [6.07, 6.45) is 2.31. The number of pyridine rings is 1. The van der Waals surface area contributed by atoms with E-state index in [9.17, 15) is 4.79 Å². The Hall–Kier alpha value is -3.27. The van der Waals surface area contributed by atoms with Gasteiger partial charge < -0.3 is 4.90 Å². The Labute approximate surface area is 164 Å². The maximum atomic E-state index is 12.7. The van der Waals surface area contributed by atoms with E-state index in [4.69, 9.17) is 4.99 Å². The molecule has 1 amide bonds. The summed E-state index contributed by atoms with van der Waals surface area (Å²) in [5.41, 5.74) is 9.09. The Morgan fingerprint density at radius 2 is 1.86 bits per heavy atom. The van der Waals surface area contributed by atoms with Crippen molar-refractivity contribution in [1.82, 2.24) is 9.88 Å². The normalized spacial score (nSPS) is 15.2. The summed E-state index contributed by atoms with van der Waals surface area (Å²) in [6, 6.07) is 18.7. The fourth-order valence-corrected chi connectivity index (χ4v) is 4.11. The molecule has 0 saturated heterocycles. The van der Waals surface area contributed by atoms with Crippen LogP contribution in [0.3, 0.4) is 0 Å². The number of aryl methyl sites for hydroxylation is 1. The molecule has 138 valence electrons. The highest BCUT2D eigenvalue weighted by Crippen LogP contribution is 2.30. The lowest BCUT2D eigenvalue weighted by Crippen LogP contribution is -2.35. The lowest BCUT2D eigenvalue weighted by Gasteiger charge is -2.29. The Morgan fingerprint density at radius 1 is 1.00 bits per heavy atom. The van der Waals surface area contributed by atoms with Crippen LogP contribution < -0.4 is 0 Å². The van der Waals surface area contributed by atoms with Gasteiger partial charge in [0.1, 0.15) is 0 Å². The van der Waals surface area contributed by atoms with Gasteiger partial charge in [-0.15, -0.1) is 0 Å². The van der Waals surface area contributed by atoms with Gasteiger partial charge in [0, 0.05) is 36.1 Å². The molecule has 0 N–H and O–H groups in total. The van der Waals surface area contributed by atoms with Crippen molar-refractivity contribution in [2.75, 3.05) is 0 Å². The van der Waals surface area contributed by atoms with Crippen LogP contribution in [0.1, 0.15) is 39.1 Å². The first kappa shape index (κ1) is 16.9. The van der Waals surface area contributed by atoms with Crippen molar-refractivity contribution < 1.29 is 4.79 Å². The van der Waals surface area contributed by atoms with Crippen molar-refractivity contribution in [2.24, 2.45) is 4.99 Å². The van der Waals surface area contributed by atoms with E-state index >= 15 is 0 Å². The summed E-state index contributed by atoms with van der Waals surface area (Å²) in [5, 5.41) is 0. The smallest absolute Gasteiger partial charge is 0.227 e. The molecule has 28 heavy (non-hydrogen) atoms. The van der Waals surface area contributed by atoms with Gasteiger partial charge in [-0.3, -0.25) is 14.8 Å². The minimum absolute atomic E-state index is 0.195. The Kier molecular flexibility index (Phi) is 4.05. The number of fused-ring (bicyclic) bond motifs is 2. The molecule has 5 rings (SSSR count). The van der Waals surface area contributed by atoms with E-state index in [2.05, 4.69) is 35.3 Å². The van der Waals surface area contributed by atoms with Crippen LogP contribution in [0, 0.1) is 6.92 Å². The van der Waals surface area contributed by atoms with E-state index in [1.807, 2.05) is 42.3 Å². The summed E-state index contributed by atoms with van der Waals surface area (Å²) >= 11 is 0. The maximum absolute atomic E-state index is 12.7. The second-order valence-corrected chi connectivity index (χ2v) is 7.54.